The van der Waals surface area contributed by atoms with E-state index in [0.29, 0.717) is 18.9 Å². The maximum Gasteiger partial charge on any atom is 0.229 e. The number of ether oxygens (including phenoxy) is 1. The van der Waals surface area contributed by atoms with Crippen LogP contribution in [0.3, 0.4) is 0 Å². The van der Waals surface area contributed by atoms with Crippen LogP contribution in [0.2, 0.25) is 0 Å². The monoisotopic (exact) mass is 461 g/mol. The maximum absolute atomic E-state index is 12.5. The molecular weight excluding hydrogens is 426 g/mol. The number of carbonyl (C=O) groups excluding carboxylic acids is 1. The van der Waals surface area contributed by atoms with E-state index in [1.54, 1.807) is 4.90 Å². The van der Waals surface area contributed by atoms with E-state index in [-0.39, 0.29) is 30.1 Å². The van der Waals surface area contributed by atoms with E-state index in [4.69, 9.17) is 4.74 Å². The van der Waals surface area contributed by atoms with Crippen molar-refractivity contribution in [3.63, 3.8) is 0 Å². The number of hydrogen-bond donors (Lipinski definition) is 1. The smallest absolute Gasteiger partial charge is 0.229 e. The van der Waals surface area contributed by atoms with Crippen molar-refractivity contribution in [1.29, 1.82) is 0 Å². The van der Waals surface area contributed by atoms with Gasteiger partial charge in [-0.25, -0.2) is 4.98 Å². The zero-order valence-electron chi connectivity index (χ0n) is 20.1. The zero-order valence-corrected chi connectivity index (χ0v) is 20.1. The highest BCUT2D eigenvalue weighted by Gasteiger charge is 2.34. The number of rotatable bonds is 7. The van der Waals surface area contributed by atoms with Crippen LogP contribution in [-0.4, -0.2) is 58.4 Å². The van der Waals surface area contributed by atoms with Crippen LogP contribution in [-0.2, 0) is 9.53 Å². The average molecular weight is 462 g/mol. The van der Waals surface area contributed by atoms with Crippen LogP contribution >= 0.6 is 0 Å². The number of aromatic nitrogens is 2. The predicted molar refractivity (Wildman–Crippen MR) is 132 cm³/mol. The Morgan fingerprint density at radius 3 is 2.82 bits per heavy atom. The molecule has 6 heteroatoms. The lowest BCUT2D eigenvalue weighted by Crippen LogP contribution is -2.34. The minimum atomic E-state index is -0.347. The molecule has 6 nitrogen and oxygen atoms in total. The molecular formula is C28H35N3O3. The number of imidazole rings is 1. The molecule has 1 aliphatic heterocycles. The molecule has 1 aromatic heterocycles. The Labute approximate surface area is 201 Å². The normalized spacial score (nSPS) is 26.5. The third kappa shape index (κ3) is 4.49. The second-order valence-electron chi connectivity index (χ2n) is 10.1. The van der Waals surface area contributed by atoms with E-state index in [0.717, 1.165) is 43.4 Å². The molecule has 1 aromatic carbocycles. The van der Waals surface area contributed by atoms with Crippen LogP contribution < -0.4 is 0 Å². The van der Waals surface area contributed by atoms with Gasteiger partial charge in [-0.2, -0.15) is 0 Å². The van der Waals surface area contributed by atoms with Crippen molar-refractivity contribution in [1.82, 2.24) is 14.5 Å². The van der Waals surface area contributed by atoms with Gasteiger partial charge in [0.25, 0.3) is 0 Å². The molecule has 1 fully saturated rings. The van der Waals surface area contributed by atoms with E-state index in [9.17, 15) is 9.90 Å². The molecule has 2 aliphatic carbocycles. The lowest BCUT2D eigenvalue weighted by atomic mass is 9.81. The summed E-state index contributed by atoms with van der Waals surface area (Å²) in [6, 6.07) is 8.61. The highest BCUT2D eigenvalue weighted by Crippen LogP contribution is 2.43. The molecule has 34 heavy (non-hydrogen) atoms. The molecule has 1 amide bonds. The molecule has 5 rings (SSSR count). The molecule has 0 spiro atoms. The summed E-state index contributed by atoms with van der Waals surface area (Å²) in [4.78, 5) is 18.5. The van der Waals surface area contributed by atoms with Gasteiger partial charge in [0.2, 0.25) is 5.91 Å². The molecule has 1 N–H and O–H groups in total. The number of benzene rings is 1. The molecule has 180 valence electrons. The Kier molecular flexibility index (Phi) is 6.70. The second kappa shape index (κ2) is 9.88. The van der Waals surface area contributed by atoms with Crippen molar-refractivity contribution in [2.45, 2.75) is 56.8 Å². The third-order valence-electron chi connectivity index (χ3n) is 7.82. The summed E-state index contributed by atoms with van der Waals surface area (Å²) in [5.41, 5.74) is 4.72. The quantitative estimate of drug-likeness (QED) is 0.665. The molecule has 2 heterocycles. The SMILES string of the molecule is CN(C)C(=O)C1CC=CC=C1COC1CCC(C(O)CC2c3ccccc3-c3cncn32)CC1. The van der Waals surface area contributed by atoms with E-state index >= 15 is 0 Å². The first kappa shape index (κ1) is 23.1. The highest BCUT2D eigenvalue weighted by molar-refractivity contribution is 5.81. The summed E-state index contributed by atoms with van der Waals surface area (Å²) < 4.78 is 8.47. The van der Waals surface area contributed by atoms with Crippen molar-refractivity contribution in [2.75, 3.05) is 20.7 Å². The third-order valence-corrected chi connectivity index (χ3v) is 7.82. The number of fused-ring (bicyclic) bond motifs is 3. The number of allylic oxidation sites excluding steroid dienone is 3. The Bertz CT molecular complexity index is 1080. The number of hydrogen-bond acceptors (Lipinski definition) is 4. The lowest BCUT2D eigenvalue weighted by molar-refractivity contribution is -0.132. The number of aliphatic hydroxyl groups is 1. The fourth-order valence-electron chi connectivity index (χ4n) is 5.84. The van der Waals surface area contributed by atoms with Gasteiger partial charge in [0, 0.05) is 19.7 Å². The van der Waals surface area contributed by atoms with Gasteiger partial charge in [0.1, 0.15) is 0 Å². The Hall–Kier alpha value is -2.70. The lowest BCUT2D eigenvalue weighted by Gasteiger charge is -2.33. The van der Waals surface area contributed by atoms with Gasteiger partial charge in [-0.05, 0) is 55.6 Å². The van der Waals surface area contributed by atoms with Crippen molar-refractivity contribution in [2.24, 2.45) is 11.8 Å². The standard InChI is InChI=1S/C28H35N3O3/c1-30(2)28(33)22-8-4-3-7-20(22)17-34-21-13-11-19(12-14-21)27(32)15-25-23-9-5-6-10-24(23)26-16-29-18-31(25)26/h3-7,9-10,16,18-19,21-22,25,27,32H,8,11-15,17H2,1-2H3. The second-order valence-corrected chi connectivity index (χ2v) is 10.1. The van der Waals surface area contributed by atoms with Crippen LogP contribution in [0.5, 0.6) is 0 Å². The first-order chi connectivity index (χ1) is 16.5. The first-order valence-corrected chi connectivity index (χ1v) is 12.5. The van der Waals surface area contributed by atoms with Gasteiger partial charge in [-0.15, -0.1) is 0 Å². The molecule has 1 saturated carbocycles. The Morgan fingerprint density at radius 2 is 2.03 bits per heavy atom. The summed E-state index contributed by atoms with van der Waals surface area (Å²) >= 11 is 0. The van der Waals surface area contributed by atoms with Crippen molar-refractivity contribution in [3.8, 4) is 11.3 Å². The molecule has 3 unspecified atom stereocenters. The van der Waals surface area contributed by atoms with E-state index in [1.807, 2.05) is 38.8 Å². The van der Waals surface area contributed by atoms with Gasteiger partial charge < -0.3 is 19.3 Å². The fourth-order valence-corrected chi connectivity index (χ4v) is 5.84. The molecule has 0 radical (unpaired) electrons. The largest absolute Gasteiger partial charge is 0.393 e. The molecule has 2 aromatic rings. The van der Waals surface area contributed by atoms with Crippen molar-refractivity contribution >= 4 is 5.91 Å². The fraction of sp³-hybridized carbons (Fsp3) is 0.500. The zero-order chi connectivity index (χ0) is 23.7. The average Bonchev–Trinajstić information content (AvgIpc) is 3.45. The number of aliphatic hydroxyl groups excluding tert-OH is 1. The topological polar surface area (TPSA) is 67.6 Å². The Morgan fingerprint density at radius 1 is 1.24 bits per heavy atom. The summed E-state index contributed by atoms with van der Waals surface area (Å²) in [5, 5.41) is 11.2. The number of carbonyl (C=O) groups is 1. The van der Waals surface area contributed by atoms with E-state index in [2.05, 4.69) is 39.9 Å². The van der Waals surface area contributed by atoms with Gasteiger partial charge >= 0.3 is 0 Å². The minimum Gasteiger partial charge on any atom is -0.393 e. The first-order valence-electron chi connectivity index (χ1n) is 12.5. The van der Waals surface area contributed by atoms with Crippen molar-refractivity contribution in [3.05, 3.63) is 66.2 Å². The van der Waals surface area contributed by atoms with Crippen LogP contribution in [0.25, 0.3) is 11.3 Å². The number of amides is 1. The molecule has 3 aliphatic rings. The molecule has 3 atom stereocenters. The summed E-state index contributed by atoms with van der Waals surface area (Å²) in [6.45, 7) is 0.509. The minimum absolute atomic E-state index is 0.111. The van der Waals surface area contributed by atoms with Gasteiger partial charge in [0.15, 0.2) is 0 Å². The number of nitrogens with zero attached hydrogens (tertiary/aromatic N) is 3. The highest BCUT2D eigenvalue weighted by atomic mass is 16.5. The summed E-state index contributed by atoms with van der Waals surface area (Å²) in [5.74, 6) is 0.320. The van der Waals surface area contributed by atoms with Crippen LogP contribution in [0.4, 0.5) is 0 Å². The maximum atomic E-state index is 12.5. The predicted octanol–water partition coefficient (Wildman–Crippen LogP) is 4.37. The summed E-state index contributed by atoms with van der Waals surface area (Å²) in [6.07, 6.45) is 15.1. The van der Waals surface area contributed by atoms with E-state index in [1.165, 1.54) is 11.1 Å². The van der Waals surface area contributed by atoms with Crippen LogP contribution in [0.15, 0.2) is 60.6 Å². The van der Waals surface area contributed by atoms with E-state index < -0.39 is 0 Å². The molecule has 0 bridgehead atoms. The molecule has 0 saturated heterocycles. The van der Waals surface area contributed by atoms with Gasteiger partial charge in [-0.1, -0.05) is 42.5 Å². The summed E-state index contributed by atoms with van der Waals surface area (Å²) in [7, 11) is 3.62. The Balaban J connectivity index is 1.14. The van der Waals surface area contributed by atoms with Crippen molar-refractivity contribution < 1.29 is 14.6 Å². The van der Waals surface area contributed by atoms with Crippen LogP contribution in [0.1, 0.15) is 50.1 Å². The van der Waals surface area contributed by atoms with Crippen LogP contribution in [0, 0.1) is 11.8 Å². The van der Waals surface area contributed by atoms with Gasteiger partial charge in [0.05, 0.1) is 49.0 Å². The van der Waals surface area contributed by atoms with Gasteiger partial charge in [-0.3, -0.25) is 4.79 Å².